The number of fused-ring (bicyclic) bond motifs is 2. The summed E-state index contributed by atoms with van der Waals surface area (Å²) in [6.07, 6.45) is -3.74. The molecular weight excluding hydrogens is 294 g/mol. The van der Waals surface area contributed by atoms with Crippen molar-refractivity contribution >= 4 is 0 Å². The maximum absolute atomic E-state index is 10.3. The van der Waals surface area contributed by atoms with Gasteiger partial charge < -0.3 is 40.3 Å². The maximum Gasteiger partial charge on any atom is 0.186 e. The van der Waals surface area contributed by atoms with E-state index in [2.05, 4.69) is 5.32 Å². The lowest BCUT2D eigenvalue weighted by Gasteiger charge is -2.41. The van der Waals surface area contributed by atoms with E-state index >= 15 is 0 Å². The molecule has 0 aromatic rings. The van der Waals surface area contributed by atoms with Crippen molar-refractivity contribution in [2.75, 3.05) is 13.2 Å². The highest BCUT2D eigenvalue weighted by Crippen LogP contribution is 2.30. The van der Waals surface area contributed by atoms with Crippen LogP contribution in [0.1, 0.15) is 6.92 Å². The van der Waals surface area contributed by atoms with Gasteiger partial charge in [0.05, 0.1) is 37.5 Å². The highest BCUT2D eigenvalue weighted by molar-refractivity contribution is 5.21. The Hall–Kier alpha value is -0.580. The second-order valence-electron chi connectivity index (χ2n) is 6.27. The van der Waals surface area contributed by atoms with Crippen molar-refractivity contribution in [1.29, 1.82) is 0 Å². The first kappa shape index (κ1) is 16.3. The van der Waals surface area contributed by atoms with E-state index in [9.17, 15) is 25.5 Å². The Balaban J connectivity index is 1.78. The molecule has 2 bridgehead atoms. The predicted octanol–water partition coefficient (Wildman–Crippen LogP) is -2.92. The zero-order valence-electron chi connectivity index (χ0n) is 12.2. The highest BCUT2D eigenvalue weighted by Gasteiger charge is 2.50. The van der Waals surface area contributed by atoms with Crippen LogP contribution in [0.25, 0.3) is 0 Å². The van der Waals surface area contributed by atoms with Gasteiger partial charge in [0.1, 0.15) is 18.3 Å². The largest absolute Gasteiger partial charge is 0.392 e. The molecule has 0 saturated carbocycles. The van der Waals surface area contributed by atoms with Gasteiger partial charge in [-0.3, -0.25) is 0 Å². The molecule has 8 heteroatoms. The second kappa shape index (κ2) is 6.14. The van der Waals surface area contributed by atoms with Crippen molar-refractivity contribution in [1.82, 2.24) is 5.32 Å². The van der Waals surface area contributed by atoms with E-state index in [4.69, 9.17) is 9.47 Å². The first-order chi connectivity index (χ1) is 10.4. The molecule has 22 heavy (non-hydrogen) atoms. The van der Waals surface area contributed by atoms with E-state index in [0.29, 0.717) is 5.57 Å². The second-order valence-corrected chi connectivity index (χ2v) is 6.27. The lowest BCUT2D eigenvalue weighted by Crippen LogP contribution is -2.64. The van der Waals surface area contributed by atoms with Crippen molar-refractivity contribution in [3.05, 3.63) is 11.6 Å². The third-order valence-corrected chi connectivity index (χ3v) is 4.88. The molecule has 2 saturated heterocycles. The fraction of sp³-hybridized carbons (Fsp3) is 0.857. The molecule has 0 radical (unpaired) electrons. The fourth-order valence-electron chi connectivity index (χ4n) is 3.40. The average molecular weight is 317 g/mol. The van der Waals surface area contributed by atoms with Crippen LogP contribution in [-0.2, 0) is 9.47 Å². The lowest BCUT2D eigenvalue weighted by atomic mass is 9.81. The fourth-order valence-corrected chi connectivity index (χ4v) is 3.40. The van der Waals surface area contributed by atoms with Crippen molar-refractivity contribution in [3.8, 4) is 0 Å². The van der Waals surface area contributed by atoms with E-state index in [1.807, 2.05) is 0 Å². The summed E-state index contributed by atoms with van der Waals surface area (Å²) in [5.41, 5.74) is 0.419. The summed E-state index contributed by atoms with van der Waals surface area (Å²) in [6.45, 7) is 1.62. The molecule has 3 aliphatic rings. The zero-order chi connectivity index (χ0) is 16.0. The van der Waals surface area contributed by atoms with Gasteiger partial charge in [0.25, 0.3) is 0 Å². The summed E-state index contributed by atoms with van der Waals surface area (Å²) in [6, 6.07) is -1.19. The number of rotatable bonds is 3. The number of nitrogens with one attached hydrogen (secondary N) is 1. The van der Waals surface area contributed by atoms with Crippen LogP contribution in [0.2, 0.25) is 0 Å². The molecule has 8 nitrogen and oxygen atoms in total. The summed E-state index contributed by atoms with van der Waals surface area (Å²) >= 11 is 0. The van der Waals surface area contributed by atoms with Crippen LogP contribution >= 0.6 is 0 Å². The van der Waals surface area contributed by atoms with Crippen LogP contribution in [0, 0.1) is 5.92 Å². The smallest absolute Gasteiger partial charge is 0.186 e. The van der Waals surface area contributed by atoms with Gasteiger partial charge in [-0.05, 0) is 5.57 Å². The Morgan fingerprint density at radius 3 is 2.59 bits per heavy atom. The molecule has 3 rings (SSSR count). The number of hydrogen-bond donors (Lipinski definition) is 6. The van der Waals surface area contributed by atoms with Gasteiger partial charge in [-0.15, -0.1) is 0 Å². The first-order valence-corrected chi connectivity index (χ1v) is 7.51. The molecule has 6 N–H and O–H groups in total. The minimum atomic E-state index is -1.17. The van der Waals surface area contributed by atoms with E-state index in [1.165, 1.54) is 0 Å². The van der Waals surface area contributed by atoms with Crippen molar-refractivity contribution in [2.45, 2.75) is 55.8 Å². The minimum Gasteiger partial charge on any atom is -0.392 e. The molecule has 126 valence electrons. The summed E-state index contributed by atoms with van der Waals surface area (Å²) in [4.78, 5) is 0. The lowest BCUT2D eigenvalue weighted by molar-refractivity contribution is -0.204. The topological polar surface area (TPSA) is 132 Å². The average Bonchev–Trinajstić information content (AvgIpc) is 2.96. The van der Waals surface area contributed by atoms with Gasteiger partial charge in [0, 0.05) is 5.92 Å². The molecule has 9 atom stereocenters. The van der Waals surface area contributed by atoms with Crippen LogP contribution < -0.4 is 5.32 Å². The predicted molar refractivity (Wildman–Crippen MR) is 73.7 cm³/mol. The van der Waals surface area contributed by atoms with Gasteiger partial charge in [-0.25, -0.2) is 0 Å². The molecule has 0 aromatic heterocycles. The van der Waals surface area contributed by atoms with Crippen LogP contribution in [0.5, 0.6) is 0 Å². The summed E-state index contributed by atoms with van der Waals surface area (Å²) in [7, 11) is 0. The van der Waals surface area contributed by atoms with Crippen LogP contribution in [0.3, 0.4) is 0 Å². The molecule has 1 aliphatic carbocycles. The summed E-state index contributed by atoms with van der Waals surface area (Å²) < 4.78 is 10.7. The summed E-state index contributed by atoms with van der Waals surface area (Å²) in [5.74, 6) is -0.469. The first-order valence-electron chi connectivity index (χ1n) is 7.51. The molecule has 2 fully saturated rings. The van der Waals surface area contributed by atoms with Crippen molar-refractivity contribution in [3.63, 3.8) is 0 Å². The standard InChI is InChI=1S/C14H23NO7/c1-5-10(17)6(3-16)2-7(11(5)18)15-9-8-4-21-14(22-8)13(20)12(9)19/h2,5,7-20H,3-4H2,1H3/t5?,7?,8-,9-,10+,11?,12?,13?,14-/m1/s1. The third-order valence-electron chi connectivity index (χ3n) is 4.88. The Morgan fingerprint density at radius 2 is 1.91 bits per heavy atom. The molecule has 2 heterocycles. The Morgan fingerprint density at radius 1 is 1.18 bits per heavy atom. The molecule has 0 aromatic carbocycles. The van der Waals surface area contributed by atoms with Crippen molar-refractivity contribution in [2.24, 2.45) is 5.92 Å². The van der Waals surface area contributed by atoms with Crippen molar-refractivity contribution < 1.29 is 35.0 Å². The van der Waals surface area contributed by atoms with E-state index < -0.39 is 54.8 Å². The molecule has 2 aliphatic heterocycles. The van der Waals surface area contributed by atoms with Gasteiger partial charge in [0.15, 0.2) is 6.29 Å². The monoisotopic (exact) mass is 317 g/mol. The van der Waals surface area contributed by atoms with Gasteiger partial charge in [0.2, 0.25) is 0 Å². The van der Waals surface area contributed by atoms with E-state index in [0.717, 1.165) is 0 Å². The Kier molecular flexibility index (Phi) is 4.54. The van der Waals surface area contributed by atoms with Crippen LogP contribution in [-0.4, -0.2) is 87.6 Å². The van der Waals surface area contributed by atoms with Crippen LogP contribution in [0.15, 0.2) is 11.6 Å². The zero-order valence-corrected chi connectivity index (χ0v) is 12.2. The number of aliphatic hydroxyl groups excluding tert-OH is 5. The third kappa shape index (κ3) is 2.59. The molecule has 0 spiro atoms. The van der Waals surface area contributed by atoms with Crippen LogP contribution in [0.4, 0.5) is 0 Å². The minimum absolute atomic E-state index is 0.244. The molecular formula is C14H23NO7. The normalized spacial score (nSPS) is 51.7. The SMILES string of the molecule is CC1C(O)C(N[C@H]2C(O)C(O)[C@@H]3OC[C@H]2O3)C=C(CO)[C@H]1O. The molecule has 5 unspecified atom stereocenters. The number of aliphatic hydroxyl groups is 5. The molecule has 0 amide bonds. The van der Waals surface area contributed by atoms with Gasteiger partial charge >= 0.3 is 0 Å². The highest BCUT2D eigenvalue weighted by atomic mass is 16.7. The van der Waals surface area contributed by atoms with Gasteiger partial charge in [-0.1, -0.05) is 13.0 Å². The van der Waals surface area contributed by atoms with Gasteiger partial charge in [-0.2, -0.15) is 0 Å². The summed E-state index contributed by atoms with van der Waals surface area (Å²) in [5, 5.41) is 52.8. The Bertz CT molecular complexity index is 445. The Labute approximate surface area is 128 Å². The van der Waals surface area contributed by atoms with E-state index in [1.54, 1.807) is 13.0 Å². The number of hydrogen-bond acceptors (Lipinski definition) is 8. The number of ether oxygens (including phenoxy) is 2. The quantitative estimate of drug-likeness (QED) is 0.305. The van der Waals surface area contributed by atoms with E-state index in [-0.39, 0.29) is 13.2 Å². The maximum atomic E-state index is 10.3.